The average molecular weight is 401 g/mol. The lowest BCUT2D eigenvalue weighted by Crippen LogP contribution is -2.68. The Morgan fingerprint density at radius 2 is 0.793 bits per heavy atom. The van der Waals surface area contributed by atoms with E-state index in [0.29, 0.717) is 21.9 Å². The van der Waals surface area contributed by atoms with Crippen molar-refractivity contribution in [2.75, 3.05) is 0 Å². The summed E-state index contributed by atoms with van der Waals surface area (Å²) in [6.07, 6.45) is 0. The van der Waals surface area contributed by atoms with Crippen LogP contribution in [0.15, 0.2) is 109 Å². The first-order chi connectivity index (χ1) is 14.2. The van der Waals surface area contributed by atoms with E-state index < -0.39 is 8.56 Å². The van der Waals surface area contributed by atoms with Gasteiger partial charge in [-0.25, -0.2) is 0 Å². The highest BCUT2D eigenvalue weighted by atomic mass is 28.4. The number of phenolic OH excluding ortho intramolecular Hbond substituents is 2. The van der Waals surface area contributed by atoms with Crippen molar-refractivity contribution >= 4 is 18.9 Å². The predicted molar refractivity (Wildman–Crippen MR) is 115 cm³/mol. The lowest BCUT2D eigenvalue weighted by atomic mass is 10.3. The molecule has 0 aliphatic rings. The van der Waals surface area contributed by atoms with Crippen LogP contribution in [-0.4, -0.2) is 18.8 Å². The molecule has 0 aromatic heterocycles. The number of benzene rings is 4. The Morgan fingerprint density at radius 3 is 1.17 bits per heavy atom. The first kappa shape index (κ1) is 18.7. The van der Waals surface area contributed by atoms with Crippen LogP contribution in [0.1, 0.15) is 0 Å². The Morgan fingerprint density at radius 1 is 0.448 bits per heavy atom. The molecule has 0 heterocycles. The molecule has 0 aliphatic carbocycles. The van der Waals surface area contributed by atoms with E-state index in [-0.39, 0.29) is 11.5 Å². The molecule has 0 radical (unpaired) electrons. The molecule has 0 bridgehead atoms. The second-order valence-corrected chi connectivity index (χ2v) is 9.20. The van der Waals surface area contributed by atoms with Crippen LogP contribution in [-0.2, 0) is 0 Å². The van der Waals surface area contributed by atoms with Gasteiger partial charge in [-0.15, -0.1) is 0 Å². The van der Waals surface area contributed by atoms with Gasteiger partial charge in [0.1, 0.15) is 23.0 Å². The van der Waals surface area contributed by atoms with E-state index in [1.807, 2.05) is 72.8 Å². The molecule has 4 nitrogen and oxygen atoms in total. The van der Waals surface area contributed by atoms with Crippen molar-refractivity contribution in [3.05, 3.63) is 109 Å². The van der Waals surface area contributed by atoms with E-state index in [9.17, 15) is 10.2 Å². The number of rotatable bonds is 6. The number of hydrogen-bond acceptors (Lipinski definition) is 4. The molecule has 0 unspecified atom stereocenters. The third-order valence-corrected chi connectivity index (χ3v) is 7.84. The van der Waals surface area contributed by atoms with Crippen molar-refractivity contribution in [2.45, 2.75) is 0 Å². The lowest BCUT2D eigenvalue weighted by molar-refractivity contribution is 0.407. The third kappa shape index (κ3) is 3.81. The van der Waals surface area contributed by atoms with Gasteiger partial charge in [0.2, 0.25) is 0 Å². The van der Waals surface area contributed by atoms with Crippen molar-refractivity contribution in [1.82, 2.24) is 0 Å². The first-order valence-corrected chi connectivity index (χ1v) is 11.1. The first-order valence-electron chi connectivity index (χ1n) is 9.24. The lowest BCUT2D eigenvalue weighted by Gasteiger charge is -2.32. The Bertz CT molecular complexity index is 995. The van der Waals surface area contributed by atoms with E-state index in [1.54, 1.807) is 36.4 Å². The topological polar surface area (TPSA) is 58.9 Å². The number of phenols is 2. The van der Waals surface area contributed by atoms with Crippen molar-refractivity contribution in [1.29, 1.82) is 0 Å². The molecule has 0 fully saturated rings. The maximum absolute atomic E-state index is 10.7. The SMILES string of the molecule is Oc1ccccc1[Si](Oc1ccccc1)(Oc1ccccc1)c1ccccc1O. The second kappa shape index (κ2) is 8.12. The van der Waals surface area contributed by atoms with Crippen LogP contribution < -0.4 is 19.2 Å². The quantitative estimate of drug-likeness (QED) is 0.483. The summed E-state index contributed by atoms with van der Waals surface area (Å²) >= 11 is 0. The Labute approximate surface area is 170 Å². The van der Waals surface area contributed by atoms with E-state index in [1.165, 1.54) is 0 Å². The highest BCUT2D eigenvalue weighted by Crippen LogP contribution is 2.25. The highest BCUT2D eigenvalue weighted by Gasteiger charge is 2.51. The smallest absolute Gasteiger partial charge is 0.508 e. The summed E-state index contributed by atoms with van der Waals surface area (Å²) in [7, 11) is -3.62. The van der Waals surface area contributed by atoms with E-state index in [0.717, 1.165) is 0 Å². The van der Waals surface area contributed by atoms with Gasteiger partial charge >= 0.3 is 8.56 Å². The Balaban J connectivity index is 1.98. The van der Waals surface area contributed by atoms with Gasteiger partial charge in [-0.2, -0.15) is 0 Å². The number of hydrogen-bond donors (Lipinski definition) is 2. The van der Waals surface area contributed by atoms with Crippen LogP contribution in [0.3, 0.4) is 0 Å². The van der Waals surface area contributed by atoms with E-state index >= 15 is 0 Å². The summed E-state index contributed by atoms with van der Waals surface area (Å²) in [6, 6.07) is 32.5. The third-order valence-electron chi connectivity index (χ3n) is 4.53. The summed E-state index contributed by atoms with van der Waals surface area (Å²) in [6.45, 7) is 0. The summed E-state index contributed by atoms with van der Waals surface area (Å²) < 4.78 is 13.1. The van der Waals surface area contributed by atoms with Crippen molar-refractivity contribution < 1.29 is 19.1 Å². The van der Waals surface area contributed by atoms with Crippen LogP contribution in [0.25, 0.3) is 0 Å². The molecule has 0 saturated carbocycles. The Kier molecular flexibility index (Phi) is 5.22. The van der Waals surface area contributed by atoms with Crippen molar-refractivity contribution in [3.8, 4) is 23.0 Å². The van der Waals surface area contributed by atoms with Gasteiger partial charge in [0.15, 0.2) is 0 Å². The van der Waals surface area contributed by atoms with Crippen LogP contribution in [0.5, 0.6) is 23.0 Å². The van der Waals surface area contributed by atoms with Gasteiger partial charge in [0.25, 0.3) is 0 Å². The van der Waals surface area contributed by atoms with Gasteiger partial charge in [-0.1, -0.05) is 72.8 Å². The van der Waals surface area contributed by atoms with E-state index in [4.69, 9.17) is 8.85 Å². The minimum absolute atomic E-state index is 0.0503. The number of aromatic hydroxyl groups is 2. The van der Waals surface area contributed by atoms with Crippen molar-refractivity contribution in [2.24, 2.45) is 0 Å². The summed E-state index contributed by atoms with van der Waals surface area (Å²) in [5.74, 6) is 1.27. The van der Waals surface area contributed by atoms with Crippen LogP contribution >= 0.6 is 0 Å². The van der Waals surface area contributed by atoms with Gasteiger partial charge in [0.05, 0.1) is 10.4 Å². The normalized spacial score (nSPS) is 11.0. The van der Waals surface area contributed by atoms with Gasteiger partial charge in [-0.05, 0) is 36.4 Å². The highest BCUT2D eigenvalue weighted by molar-refractivity contribution is 6.94. The monoisotopic (exact) mass is 400 g/mol. The fourth-order valence-corrected chi connectivity index (χ4v) is 6.38. The standard InChI is InChI=1S/C24H20O4Si/c25-21-15-7-9-17-23(21)29(24-18-10-8-16-22(24)26,27-19-11-3-1-4-12-19)28-20-13-5-2-6-14-20/h1-18,25-26H. The van der Waals surface area contributed by atoms with Gasteiger partial charge in [0, 0.05) is 0 Å². The van der Waals surface area contributed by atoms with E-state index in [2.05, 4.69) is 0 Å². The summed E-state index contributed by atoms with van der Waals surface area (Å²) in [5, 5.41) is 22.5. The average Bonchev–Trinajstić information content (AvgIpc) is 2.75. The predicted octanol–water partition coefficient (Wildman–Crippen LogP) is 3.81. The second-order valence-electron chi connectivity index (χ2n) is 6.48. The molecular formula is C24H20O4Si. The minimum atomic E-state index is -3.62. The molecule has 29 heavy (non-hydrogen) atoms. The molecular weight excluding hydrogens is 380 g/mol. The largest absolute Gasteiger partial charge is 0.538 e. The zero-order valence-electron chi connectivity index (χ0n) is 15.6. The fraction of sp³-hybridized carbons (Fsp3) is 0. The zero-order chi connectivity index (χ0) is 20.1. The molecule has 0 aliphatic heterocycles. The molecule has 144 valence electrons. The van der Waals surface area contributed by atoms with Crippen LogP contribution in [0.4, 0.5) is 0 Å². The molecule has 0 atom stereocenters. The summed E-state index contributed by atoms with van der Waals surface area (Å²) in [5.41, 5.74) is 0. The fourth-order valence-electron chi connectivity index (χ4n) is 3.20. The van der Waals surface area contributed by atoms with Gasteiger partial charge < -0.3 is 19.1 Å². The molecule has 2 N–H and O–H groups in total. The Hall–Kier alpha value is -3.70. The molecule has 5 heteroatoms. The van der Waals surface area contributed by atoms with Gasteiger partial charge in [-0.3, -0.25) is 0 Å². The molecule has 4 aromatic rings. The minimum Gasteiger partial charge on any atom is -0.508 e. The van der Waals surface area contributed by atoms with Crippen molar-refractivity contribution in [3.63, 3.8) is 0 Å². The maximum Gasteiger partial charge on any atom is 0.538 e. The number of para-hydroxylation sites is 4. The molecule has 0 saturated heterocycles. The zero-order valence-corrected chi connectivity index (χ0v) is 16.6. The molecule has 4 rings (SSSR count). The molecule has 0 spiro atoms. The van der Waals surface area contributed by atoms with Crippen LogP contribution in [0.2, 0.25) is 0 Å². The molecule has 0 amide bonds. The maximum atomic E-state index is 10.7. The summed E-state index contributed by atoms with van der Waals surface area (Å²) in [4.78, 5) is 0. The molecule has 4 aromatic carbocycles. The van der Waals surface area contributed by atoms with Crippen LogP contribution in [0, 0.1) is 0 Å².